The molecule has 0 aliphatic carbocycles. The van der Waals surface area contributed by atoms with Gasteiger partial charge >= 0.3 is 0 Å². The topological polar surface area (TPSA) is 67.2 Å². The van der Waals surface area contributed by atoms with E-state index in [2.05, 4.69) is 17.2 Å². The summed E-state index contributed by atoms with van der Waals surface area (Å²) < 4.78 is 1.56. The van der Waals surface area contributed by atoms with E-state index in [-0.39, 0.29) is 23.9 Å². The van der Waals surface area contributed by atoms with E-state index in [4.69, 9.17) is 0 Å². The minimum atomic E-state index is -0.0737. The van der Waals surface area contributed by atoms with Crippen molar-refractivity contribution in [1.82, 2.24) is 19.8 Å². The van der Waals surface area contributed by atoms with E-state index in [1.165, 1.54) is 0 Å². The SMILES string of the molecule is CCCN(C(=O)CCn1cnc2c(C)cccc2c1=O)C1CCNCC1.Cl. The van der Waals surface area contributed by atoms with Crippen molar-refractivity contribution in [3.05, 3.63) is 40.4 Å². The highest BCUT2D eigenvalue weighted by Gasteiger charge is 2.24. The van der Waals surface area contributed by atoms with Crippen molar-refractivity contribution in [2.24, 2.45) is 0 Å². The molecule has 0 unspecified atom stereocenters. The van der Waals surface area contributed by atoms with Crippen molar-refractivity contribution in [3.63, 3.8) is 0 Å². The molecule has 1 saturated heterocycles. The Morgan fingerprint density at radius 1 is 1.33 bits per heavy atom. The number of piperidine rings is 1. The minimum Gasteiger partial charge on any atom is -0.340 e. The Morgan fingerprint density at radius 3 is 2.78 bits per heavy atom. The number of nitrogens with one attached hydrogen (secondary N) is 1. The number of carbonyl (C=O) groups is 1. The van der Waals surface area contributed by atoms with E-state index in [9.17, 15) is 9.59 Å². The molecule has 2 heterocycles. The zero-order chi connectivity index (χ0) is 18.5. The molecule has 1 fully saturated rings. The van der Waals surface area contributed by atoms with Crippen LogP contribution in [0.3, 0.4) is 0 Å². The van der Waals surface area contributed by atoms with E-state index in [1.54, 1.807) is 17.0 Å². The summed E-state index contributed by atoms with van der Waals surface area (Å²) in [5.74, 6) is 0.134. The number of para-hydroxylation sites is 1. The number of aromatic nitrogens is 2. The van der Waals surface area contributed by atoms with Crippen molar-refractivity contribution in [2.45, 2.75) is 52.1 Å². The molecule has 0 saturated carbocycles. The number of benzene rings is 1. The summed E-state index contributed by atoms with van der Waals surface area (Å²) in [4.78, 5) is 31.9. The number of amides is 1. The number of hydrogen-bond acceptors (Lipinski definition) is 4. The first-order chi connectivity index (χ1) is 12.6. The van der Waals surface area contributed by atoms with Crippen LogP contribution in [0.4, 0.5) is 0 Å². The molecule has 0 bridgehead atoms. The summed E-state index contributed by atoms with van der Waals surface area (Å²) in [7, 11) is 0. The third-order valence-corrected chi connectivity index (χ3v) is 5.16. The fourth-order valence-electron chi connectivity index (χ4n) is 3.73. The second-order valence-corrected chi connectivity index (χ2v) is 7.03. The normalized spacial score (nSPS) is 14.7. The number of fused-ring (bicyclic) bond motifs is 1. The summed E-state index contributed by atoms with van der Waals surface area (Å²) >= 11 is 0. The molecule has 0 radical (unpaired) electrons. The van der Waals surface area contributed by atoms with Gasteiger partial charge in [0.15, 0.2) is 0 Å². The Kier molecular flexibility index (Phi) is 7.80. The quantitative estimate of drug-likeness (QED) is 0.820. The van der Waals surface area contributed by atoms with E-state index in [0.29, 0.717) is 24.4 Å². The maximum absolute atomic E-state index is 12.8. The van der Waals surface area contributed by atoms with Crippen molar-refractivity contribution < 1.29 is 4.79 Å². The molecule has 1 aromatic carbocycles. The highest BCUT2D eigenvalue weighted by atomic mass is 35.5. The van der Waals surface area contributed by atoms with Gasteiger partial charge in [0.1, 0.15) is 0 Å². The van der Waals surface area contributed by atoms with Gasteiger partial charge in [-0.15, -0.1) is 12.4 Å². The van der Waals surface area contributed by atoms with Gasteiger partial charge in [0.25, 0.3) is 5.56 Å². The van der Waals surface area contributed by atoms with Gasteiger partial charge in [0.05, 0.1) is 17.2 Å². The van der Waals surface area contributed by atoms with E-state index in [1.807, 2.05) is 24.0 Å². The summed E-state index contributed by atoms with van der Waals surface area (Å²) in [6.45, 7) is 7.14. The van der Waals surface area contributed by atoms with E-state index in [0.717, 1.165) is 50.0 Å². The van der Waals surface area contributed by atoms with Gasteiger partial charge in [-0.1, -0.05) is 19.1 Å². The second-order valence-electron chi connectivity index (χ2n) is 7.03. The zero-order valence-corrected chi connectivity index (χ0v) is 16.9. The Bertz CT molecular complexity index is 830. The fourth-order valence-corrected chi connectivity index (χ4v) is 3.73. The first kappa shape index (κ1) is 21.4. The summed E-state index contributed by atoms with van der Waals surface area (Å²) in [6, 6.07) is 5.94. The smallest absolute Gasteiger partial charge is 0.261 e. The largest absolute Gasteiger partial charge is 0.340 e. The maximum Gasteiger partial charge on any atom is 0.261 e. The second kappa shape index (κ2) is 9.85. The Balaban J connectivity index is 0.00000261. The van der Waals surface area contributed by atoms with Crippen molar-refractivity contribution in [1.29, 1.82) is 0 Å². The minimum absolute atomic E-state index is 0. The lowest BCUT2D eigenvalue weighted by molar-refractivity contribution is -0.134. The molecule has 27 heavy (non-hydrogen) atoms. The van der Waals surface area contributed by atoms with Crippen LogP contribution in [0.2, 0.25) is 0 Å². The number of carbonyl (C=O) groups excluding carboxylic acids is 1. The number of nitrogens with zero attached hydrogens (tertiary/aromatic N) is 3. The van der Waals surface area contributed by atoms with Gasteiger partial charge in [-0.2, -0.15) is 0 Å². The van der Waals surface area contributed by atoms with E-state index >= 15 is 0 Å². The number of halogens is 1. The summed E-state index contributed by atoms with van der Waals surface area (Å²) in [5.41, 5.74) is 1.65. The van der Waals surface area contributed by atoms with Gasteiger partial charge in [0, 0.05) is 25.6 Å². The van der Waals surface area contributed by atoms with Crippen LogP contribution in [-0.4, -0.2) is 46.0 Å². The molecular weight excluding hydrogens is 364 g/mol. The number of aryl methyl sites for hydroxylation is 2. The van der Waals surface area contributed by atoms with Crippen molar-refractivity contribution >= 4 is 29.2 Å². The van der Waals surface area contributed by atoms with Crippen LogP contribution in [0, 0.1) is 6.92 Å². The third kappa shape index (κ3) is 4.87. The molecule has 6 nitrogen and oxygen atoms in total. The van der Waals surface area contributed by atoms with Crippen LogP contribution in [0.25, 0.3) is 10.9 Å². The molecule has 0 atom stereocenters. The first-order valence-corrected chi connectivity index (χ1v) is 9.56. The van der Waals surface area contributed by atoms with Crippen LogP contribution in [0.5, 0.6) is 0 Å². The molecule has 7 heteroatoms. The van der Waals surface area contributed by atoms with Crippen molar-refractivity contribution in [2.75, 3.05) is 19.6 Å². The molecular formula is C20H29ClN4O2. The highest BCUT2D eigenvalue weighted by molar-refractivity contribution is 5.85. The van der Waals surface area contributed by atoms with Gasteiger partial charge < -0.3 is 10.2 Å². The Labute approximate surface area is 166 Å². The molecule has 1 N–H and O–H groups in total. The van der Waals surface area contributed by atoms with E-state index < -0.39 is 0 Å². The highest BCUT2D eigenvalue weighted by Crippen LogP contribution is 2.15. The molecule has 1 aromatic heterocycles. The fraction of sp³-hybridized carbons (Fsp3) is 0.550. The average molecular weight is 393 g/mol. The molecule has 3 rings (SSSR count). The van der Waals surface area contributed by atoms with Crippen LogP contribution in [0.1, 0.15) is 38.2 Å². The first-order valence-electron chi connectivity index (χ1n) is 9.56. The van der Waals surface area contributed by atoms with Crippen LogP contribution >= 0.6 is 12.4 Å². The molecule has 148 valence electrons. The van der Waals surface area contributed by atoms with Crippen LogP contribution < -0.4 is 10.9 Å². The van der Waals surface area contributed by atoms with Gasteiger partial charge in [0.2, 0.25) is 5.91 Å². The lowest BCUT2D eigenvalue weighted by atomic mass is 10.0. The van der Waals surface area contributed by atoms with Gasteiger partial charge in [-0.25, -0.2) is 4.98 Å². The van der Waals surface area contributed by atoms with Crippen molar-refractivity contribution in [3.8, 4) is 0 Å². The monoisotopic (exact) mass is 392 g/mol. The predicted octanol–water partition coefficient (Wildman–Crippen LogP) is 2.51. The maximum atomic E-state index is 12.8. The lowest BCUT2D eigenvalue weighted by Crippen LogP contribution is -2.46. The molecule has 1 amide bonds. The molecule has 2 aromatic rings. The number of hydrogen-bond donors (Lipinski definition) is 1. The van der Waals surface area contributed by atoms with Gasteiger partial charge in [-0.3, -0.25) is 14.2 Å². The average Bonchev–Trinajstić information content (AvgIpc) is 2.66. The number of rotatable bonds is 6. The summed E-state index contributed by atoms with van der Waals surface area (Å²) in [5, 5.41) is 3.96. The lowest BCUT2D eigenvalue weighted by Gasteiger charge is -2.34. The summed E-state index contributed by atoms with van der Waals surface area (Å²) in [6.07, 6.45) is 4.86. The molecule has 1 aliphatic rings. The standard InChI is InChI=1S/C20H28N4O2.ClH/c1-3-12-24(16-7-10-21-11-8-16)18(25)9-13-23-14-22-19-15(2)5-4-6-17(19)20(23)26;/h4-6,14,16,21H,3,7-13H2,1-2H3;1H. The Morgan fingerprint density at radius 2 is 2.07 bits per heavy atom. The predicted molar refractivity (Wildman–Crippen MR) is 111 cm³/mol. The molecule has 0 spiro atoms. The van der Waals surface area contributed by atoms with Gasteiger partial charge in [-0.05, 0) is 50.9 Å². The Hall–Kier alpha value is -1.92. The third-order valence-electron chi connectivity index (χ3n) is 5.16. The molecule has 1 aliphatic heterocycles. The van der Waals surface area contributed by atoms with Crippen LogP contribution in [0.15, 0.2) is 29.3 Å². The zero-order valence-electron chi connectivity index (χ0n) is 16.1. The van der Waals surface area contributed by atoms with Crippen LogP contribution in [-0.2, 0) is 11.3 Å².